The Balaban J connectivity index is 1.29. The molecule has 0 bridgehead atoms. The van der Waals surface area contributed by atoms with Gasteiger partial charge < -0.3 is 68.6 Å². The molecule has 0 aliphatic carbocycles. The Hall–Kier alpha value is -8.34. The van der Waals surface area contributed by atoms with Gasteiger partial charge in [0.25, 0.3) is 0 Å². The molecule has 2 aliphatic heterocycles. The number of aromatic hydroxyl groups is 1. The molecule has 14 N–H and O–H groups in total. The first-order valence-electron chi connectivity index (χ1n) is 24.8. The van der Waals surface area contributed by atoms with Gasteiger partial charge in [0.15, 0.2) is 5.96 Å². The van der Waals surface area contributed by atoms with E-state index in [-0.39, 0.29) is 75.6 Å². The number of H-pyrrole nitrogens is 1. The van der Waals surface area contributed by atoms with Gasteiger partial charge in [0, 0.05) is 50.1 Å². The normalized spacial score (nSPS) is 17.5. The summed E-state index contributed by atoms with van der Waals surface area (Å²) in [6.45, 7) is 3.83. The van der Waals surface area contributed by atoms with Crippen molar-refractivity contribution in [2.24, 2.45) is 28.1 Å². The number of carboxylic acids is 2. The van der Waals surface area contributed by atoms with Crippen LogP contribution in [-0.2, 0) is 64.2 Å². The van der Waals surface area contributed by atoms with Crippen molar-refractivity contribution in [2.45, 2.75) is 120 Å². The minimum Gasteiger partial charge on any atom is -0.508 e. The van der Waals surface area contributed by atoms with Gasteiger partial charge in [-0.15, -0.1) is 0 Å². The van der Waals surface area contributed by atoms with Crippen LogP contribution in [0.5, 0.6) is 5.75 Å². The number of anilines is 1. The highest BCUT2D eigenvalue weighted by molar-refractivity contribution is 5.99. The summed E-state index contributed by atoms with van der Waals surface area (Å²) < 4.78 is 0. The summed E-state index contributed by atoms with van der Waals surface area (Å²) in [5, 5.41) is 40.3. The van der Waals surface area contributed by atoms with Crippen LogP contribution in [0.15, 0.2) is 90.3 Å². The summed E-state index contributed by atoms with van der Waals surface area (Å²) >= 11 is 0. The molecule has 23 nitrogen and oxygen atoms in total. The van der Waals surface area contributed by atoms with E-state index in [2.05, 4.69) is 36.2 Å². The fraction of sp³-hybridized carbons (Fsp3) is 0.423. The van der Waals surface area contributed by atoms with Crippen molar-refractivity contribution >= 4 is 59.0 Å². The largest absolute Gasteiger partial charge is 0.508 e. The number of imidazole rings is 1. The number of guanidine groups is 1. The van der Waals surface area contributed by atoms with Crippen LogP contribution in [0.25, 0.3) is 0 Å². The minimum absolute atomic E-state index is 0.0135. The number of aromatic nitrogens is 2. The first-order chi connectivity index (χ1) is 35.8. The summed E-state index contributed by atoms with van der Waals surface area (Å²) in [6.07, 6.45) is 3.72. The Morgan fingerprint density at radius 3 is 2.25 bits per heavy atom. The van der Waals surface area contributed by atoms with E-state index in [1.807, 2.05) is 13.8 Å². The zero-order valence-corrected chi connectivity index (χ0v) is 41.8. The zero-order valence-electron chi connectivity index (χ0n) is 41.8. The van der Waals surface area contributed by atoms with E-state index in [1.54, 1.807) is 60.7 Å². The van der Waals surface area contributed by atoms with Crippen LogP contribution in [0.1, 0.15) is 86.2 Å². The number of phenols is 1. The first-order valence-corrected chi connectivity index (χ1v) is 24.8. The van der Waals surface area contributed by atoms with E-state index < -0.39 is 102 Å². The van der Waals surface area contributed by atoms with Crippen LogP contribution in [0.4, 0.5) is 5.69 Å². The third kappa shape index (κ3) is 15.1. The molecule has 2 aliphatic rings. The average Bonchev–Trinajstić information content (AvgIpc) is 4.09. The molecule has 3 aromatic carbocycles. The molecule has 0 radical (unpaired) electrons. The number of benzene rings is 3. The molecular weight excluding hydrogens is 969 g/mol. The number of aliphatic carboxylic acids is 2. The van der Waals surface area contributed by atoms with Crippen LogP contribution in [-0.4, -0.2) is 138 Å². The number of hydrogen-bond acceptors (Lipinski definition) is 12. The van der Waals surface area contributed by atoms with Gasteiger partial charge in [-0.05, 0) is 84.5 Å². The number of fused-ring (bicyclic) bond motifs is 1. The molecule has 0 unspecified atom stereocenters. The van der Waals surface area contributed by atoms with E-state index in [4.69, 9.17) is 17.2 Å². The number of amides is 6. The molecule has 0 saturated carbocycles. The molecule has 6 rings (SSSR count). The Labute approximate surface area is 433 Å². The number of aliphatic imine (C=N–C) groups is 1. The quantitative estimate of drug-likeness (QED) is 0.0251. The van der Waals surface area contributed by atoms with Gasteiger partial charge in [0.05, 0.1) is 24.7 Å². The Morgan fingerprint density at radius 1 is 0.880 bits per heavy atom. The predicted octanol–water partition coefficient (Wildman–Crippen LogP) is 1.01. The van der Waals surface area contributed by atoms with Gasteiger partial charge in [0.2, 0.25) is 35.4 Å². The first kappa shape index (κ1) is 56.0. The molecule has 23 heteroatoms. The highest BCUT2D eigenvalue weighted by Gasteiger charge is 2.44. The van der Waals surface area contributed by atoms with Gasteiger partial charge >= 0.3 is 11.9 Å². The van der Waals surface area contributed by atoms with Gasteiger partial charge in [0.1, 0.15) is 36.0 Å². The van der Waals surface area contributed by atoms with Crippen molar-refractivity contribution in [1.82, 2.24) is 35.7 Å². The van der Waals surface area contributed by atoms with Crippen molar-refractivity contribution < 1.29 is 53.7 Å². The van der Waals surface area contributed by atoms with Crippen LogP contribution in [0.2, 0.25) is 0 Å². The monoisotopic (exact) mass is 1030 g/mol. The van der Waals surface area contributed by atoms with Crippen molar-refractivity contribution in [1.29, 1.82) is 0 Å². The fourth-order valence-electron chi connectivity index (χ4n) is 9.44. The third-order valence-corrected chi connectivity index (χ3v) is 13.5. The molecule has 0 spiro atoms. The van der Waals surface area contributed by atoms with Crippen LogP contribution < -0.4 is 38.5 Å². The number of carboxylic acid groups (broad SMARTS) is 2. The Morgan fingerprint density at radius 2 is 1.60 bits per heavy atom. The second-order valence-electron chi connectivity index (χ2n) is 19.0. The molecule has 1 fully saturated rings. The second-order valence-corrected chi connectivity index (χ2v) is 19.0. The molecule has 6 amide bonds. The van der Waals surface area contributed by atoms with Gasteiger partial charge in [-0.1, -0.05) is 68.8 Å². The molecule has 400 valence electrons. The molecular formula is C52H66N12O11. The Bertz CT molecular complexity index is 2700. The average molecular weight is 1040 g/mol. The molecule has 1 aromatic heterocycles. The van der Waals surface area contributed by atoms with E-state index >= 15 is 9.59 Å². The topological polar surface area (TPSA) is 371 Å². The number of phenolic OH excluding ortho intramolecular Hbond substituents is 1. The maximum atomic E-state index is 15.1. The lowest BCUT2D eigenvalue weighted by Crippen LogP contribution is -2.60. The van der Waals surface area contributed by atoms with Crippen LogP contribution in [0, 0.1) is 5.92 Å². The summed E-state index contributed by atoms with van der Waals surface area (Å²) in [7, 11) is 0. The number of aromatic amines is 1. The van der Waals surface area contributed by atoms with E-state index in [0.29, 0.717) is 40.8 Å². The number of hydrogen-bond donors (Lipinski definition) is 11. The SMILES string of the molecule is CC[C@@H](C)[C@@H](C(=O)N[C@@H](Cc1cnc[nH]1)C(=O)N1CCC[C@H]1C(=O)N[C@@H](Cc1ccccc1)C(=O)O)N1Cc2cc(NC(=O)[C@H](CCCN=C(N)N)NC(=O)[C@@H](N)CC(=O)O)ccc2[C@H](Cc2ccc(O)cc2)C1=O. The highest BCUT2D eigenvalue weighted by atomic mass is 16.4. The maximum absolute atomic E-state index is 15.1. The summed E-state index contributed by atoms with van der Waals surface area (Å²) in [5.41, 5.74) is 20.1. The number of nitrogens with zero attached hydrogens (tertiary/aromatic N) is 4. The van der Waals surface area contributed by atoms with Gasteiger partial charge in [-0.25, -0.2) is 9.78 Å². The van der Waals surface area contributed by atoms with Crippen molar-refractivity contribution in [3.63, 3.8) is 0 Å². The summed E-state index contributed by atoms with van der Waals surface area (Å²) in [6, 6.07) is 12.7. The fourth-order valence-corrected chi connectivity index (χ4v) is 9.44. The van der Waals surface area contributed by atoms with Crippen LogP contribution >= 0.6 is 0 Å². The van der Waals surface area contributed by atoms with E-state index in [9.17, 15) is 44.1 Å². The molecule has 4 aromatic rings. The standard InChI is InChI=1S/C52H66N12O11/c1-3-29(2)44(48(71)61-40(24-34-26-56-28-58-34)50(73)63-20-8-12-42(63)47(70)62-41(51(74)75)22-30-9-5-4-6-10-30)64-27-32-23-33(15-18-36(32)37(49(64)72)21-31-13-16-35(65)17-14-31)59-46(69)39(11-7-19-57-52(54)55)60-45(68)38(53)25-43(66)67/h4-6,9-10,13-18,23,26,28-29,37-42,44,65H,3,7-8,11-12,19-22,24-25,27,53H2,1-2H3,(H,56,58)(H,59,69)(H,60,68)(H,61,71)(H,62,70)(H,66,67)(H,74,75)(H4,54,55,57)/t29-,37+,38+,39+,40+,41+,42+,44+/m1/s1. The molecule has 1 saturated heterocycles. The lowest BCUT2D eigenvalue weighted by Gasteiger charge is -2.41. The second kappa shape index (κ2) is 26.0. The lowest BCUT2D eigenvalue weighted by molar-refractivity contribution is -0.147. The maximum Gasteiger partial charge on any atom is 0.326 e. The van der Waals surface area contributed by atoms with Gasteiger partial charge in [-0.3, -0.25) is 38.6 Å². The number of carbonyl (C=O) groups is 8. The number of carbonyl (C=O) groups excluding carboxylic acids is 6. The van der Waals surface area contributed by atoms with Crippen molar-refractivity contribution in [2.75, 3.05) is 18.4 Å². The summed E-state index contributed by atoms with van der Waals surface area (Å²) in [5.74, 6) is -7.89. The minimum atomic E-state index is -1.45. The van der Waals surface area contributed by atoms with E-state index in [0.717, 1.165) is 0 Å². The Kier molecular flexibility index (Phi) is 19.4. The van der Waals surface area contributed by atoms with Crippen molar-refractivity contribution in [3.05, 3.63) is 113 Å². The number of nitrogens with two attached hydrogens (primary N) is 3. The molecule has 8 atom stereocenters. The predicted molar refractivity (Wildman–Crippen MR) is 274 cm³/mol. The summed E-state index contributed by atoms with van der Waals surface area (Å²) in [4.78, 5) is 123. The smallest absolute Gasteiger partial charge is 0.326 e. The molecule has 3 heterocycles. The van der Waals surface area contributed by atoms with Crippen LogP contribution in [0.3, 0.4) is 0 Å². The number of likely N-dealkylation sites (tertiary alicyclic amines) is 1. The molecule has 75 heavy (non-hydrogen) atoms. The number of rotatable bonds is 25. The lowest BCUT2D eigenvalue weighted by atomic mass is 9.82. The zero-order chi connectivity index (χ0) is 54.3. The third-order valence-electron chi connectivity index (χ3n) is 13.5. The highest BCUT2D eigenvalue weighted by Crippen LogP contribution is 2.37. The van der Waals surface area contributed by atoms with Crippen molar-refractivity contribution in [3.8, 4) is 5.75 Å². The van der Waals surface area contributed by atoms with Gasteiger partial charge in [-0.2, -0.15) is 0 Å². The van der Waals surface area contributed by atoms with E-state index in [1.165, 1.54) is 34.5 Å². The number of nitrogens with one attached hydrogen (secondary N) is 5.